The predicted octanol–water partition coefficient (Wildman–Crippen LogP) is 2.80. The zero-order valence-corrected chi connectivity index (χ0v) is 12.0. The van der Waals surface area contributed by atoms with Crippen LogP contribution in [-0.2, 0) is 6.42 Å². The maximum atomic E-state index is 13.4. The standard InChI is InChI=1S/C13H12ClFN4S/c14-10-6-8-17-19-12(10)18-13(20)16-7-5-9-3-1-2-4-11(9)15/h1-4,6,8H,5,7H2,(H2,16,18,19,20). The summed E-state index contributed by atoms with van der Waals surface area (Å²) in [6.45, 7) is 0.505. The summed E-state index contributed by atoms with van der Waals surface area (Å²) in [5.74, 6) is 0.169. The van der Waals surface area contributed by atoms with Crippen LogP contribution in [0, 0.1) is 5.82 Å². The van der Waals surface area contributed by atoms with Gasteiger partial charge in [0, 0.05) is 6.54 Å². The van der Waals surface area contributed by atoms with Crippen molar-refractivity contribution in [2.45, 2.75) is 6.42 Å². The summed E-state index contributed by atoms with van der Waals surface area (Å²) in [7, 11) is 0. The number of anilines is 1. The van der Waals surface area contributed by atoms with Gasteiger partial charge < -0.3 is 10.6 Å². The minimum absolute atomic E-state index is 0.217. The van der Waals surface area contributed by atoms with Gasteiger partial charge in [0.25, 0.3) is 0 Å². The lowest BCUT2D eigenvalue weighted by atomic mass is 10.1. The lowest BCUT2D eigenvalue weighted by Gasteiger charge is -2.10. The molecule has 104 valence electrons. The molecule has 0 amide bonds. The summed E-state index contributed by atoms with van der Waals surface area (Å²) in [6, 6.07) is 8.25. The van der Waals surface area contributed by atoms with Crippen LogP contribution in [0.25, 0.3) is 0 Å². The van der Waals surface area contributed by atoms with Gasteiger partial charge in [0.2, 0.25) is 0 Å². The maximum Gasteiger partial charge on any atom is 0.173 e. The molecule has 4 nitrogen and oxygen atoms in total. The molecule has 1 heterocycles. The number of nitrogens with one attached hydrogen (secondary N) is 2. The zero-order valence-electron chi connectivity index (χ0n) is 10.4. The van der Waals surface area contributed by atoms with E-state index in [1.165, 1.54) is 12.3 Å². The van der Waals surface area contributed by atoms with Gasteiger partial charge in [-0.1, -0.05) is 29.8 Å². The number of nitrogens with zero attached hydrogens (tertiary/aromatic N) is 2. The smallest absolute Gasteiger partial charge is 0.173 e. The molecule has 1 aromatic heterocycles. The van der Waals surface area contributed by atoms with E-state index in [-0.39, 0.29) is 5.82 Å². The largest absolute Gasteiger partial charge is 0.362 e. The third-order valence-corrected chi connectivity index (χ3v) is 3.09. The Bertz CT molecular complexity index is 608. The van der Waals surface area contributed by atoms with Crippen LogP contribution in [0.5, 0.6) is 0 Å². The minimum atomic E-state index is -0.217. The summed E-state index contributed by atoms with van der Waals surface area (Å²) in [5.41, 5.74) is 0.639. The normalized spacial score (nSPS) is 10.1. The Hall–Kier alpha value is -1.79. The second-order valence-electron chi connectivity index (χ2n) is 3.95. The molecule has 0 saturated carbocycles. The van der Waals surface area contributed by atoms with Crippen molar-refractivity contribution in [2.75, 3.05) is 11.9 Å². The molecule has 1 aromatic carbocycles. The average molecular weight is 311 g/mol. The van der Waals surface area contributed by atoms with E-state index in [2.05, 4.69) is 20.8 Å². The highest BCUT2D eigenvalue weighted by molar-refractivity contribution is 7.80. The zero-order chi connectivity index (χ0) is 14.4. The van der Waals surface area contributed by atoms with Gasteiger partial charge in [0.1, 0.15) is 5.82 Å². The van der Waals surface area contributed by atoms with Crippen molar-refractivity contribution >= 4 is 34.7 Å². The first-order valence-corrected chi connectivity index (χ1v) is 6.71. The Morgan fingerprint density at radius 1 is 1.30 bits per heavy atom. The molecular weight excluding hydrogens is 299 g/mol. The summed E-state index contributed by atoms with van der Waals surface area (Å²) in [4.78, 5) is 0. The molecule has 2 aromatic rings. The van der Waals surface area contributed by atoms with E-state index < -0.39 is 0 Å². The monoisotopic (exact) mass is 310 g/mol. The Morgan fingerprint density at radius 3 is 2.85 bits per heavy atom. The molecule has 0 spiro atoms. The van der Waals surface area contributed by atoms with Gasteiger partial charge in [-0.25, -0.2) is 4.39 Å². The van der Waals surface area contributed by atoms with Crippen LogP contribution in [0.1, 0.15) is 5.56 Å². The third-order valence-electron chi connectivity index (χ3n) is 2.54. The van der Waals surface area contributed by atoms with E-state index >= 15 is 0 Å². The van der Waals surface area contributed by atoms with Gasteiger partial charge in [-0.3, -0.25) is 0 Å². The molecule has 0 atom stereocenters. The first-order chi connectivity index (χ1) is 9.66. The molecule has 0 aliphatic rings. The third kappa shape index (κ3) is 4.11. The number of hydrogen-bond acceptors (Lipinski definition) is 3. The Balaban J connectivity index is 1.82. The molecule has 0 fully saturated rings. The summed E-state index contributed by atoms with van der Waals surface area (Å²) in [6.07, 6.45) is 2.02. The topological polar surface area (TPSA) is 49.8 Å². The molecule has 0 aliphatic heterocycles. The minimum Gasteiger partial charge on any atom is -0.362 e. The Labute approximate surface area is 126 Å². The van der Waals surface area contributed by atoms with Gasteiger partial charge in [0.05, 0.1) is 11.2 Å². The van der Waals surface area contributed by atoms with E-state index in [9.17, 15) is 4.39 Å². The number of halogens is 2. The van der Waals surface area contributed by atoms with Gasteiger partial charge >= 0.3 is 0 Å². The molecule has 2 rings (SSSR count). The first-order valence-electron chi connectivity index (χ1n) is 5.92. The molecular formula is C13H12ClFN4S. The molecule has 2 N–H and O–H groups in total. The number of thiocarbonyl (C=S) groups is 1. The summed E-state index contributed by atoms with van der Waals surface area (Å²) in [5, 5.41) is 14.1. The quantitative estimate of drug-likeness (QED) is 0.851. The van der Waals surface area contributed by atoms with Crippen LogP contribution in [0.3, 0.4) is 0 Å². The fourth-order valence-electron chi connectivity index (χ4n) is 1.56. The van der Waals surface area contributed by atoms with Crippen molar-refractivity contribution < 1.29 is 4.39 Å². The molecule has 0 aliphatic carbocycles. The summed E-state index contributed by atoms with van der Waals surface area (Å²) < 4.78 is 13.4. The van der Waals surface area contributed by atoms with Gasteiger partial charge in [0.15, 0.2) is 10.9 Å². The SMILES string of the molecule is Fc1ccccc1CCNC(=S)Nc1nnccc1Cl. The molecule has 7 heteroatoms. The molecule has 0 bridgehead atoms. The molecule has 0 unspecified atom stereocenters. The Morgan fingerprint density at radius 2 is 2.10 bits per heavy atom. The van der Waals surface area contributed by atoms with E-state index in [0.717, 1.165) is 0 Å². The molecule has 20 heavy (non-hydrogen) atoms. The van der Waals surface area contributed by atoms with Crippen molar-refractivity contribution in [3.05, 3.63) is 52.9 Å². The van der Waals surface area contributed by atoms with E-state index in [1.54, 1.807) is 24.3 Å². The number of rotatable bonds is 4. The van der Waals surface area contributed by atoms with Gasteiger partial charge in [-0.05, 0) is 36.3 Å². The number of hydrogen-bond donors (Lipinski definition) is 2. The second kappa shape index (κ2) is 7.12. The highest BCUT2D eigenvalue weighted by Crippen LogP contribution is 2.15. The van der Waals surface area contributed by atoms with E-state index in [1.807, 2.05) is 0 Å². The van der Waals surface area contributed by atoms with Crippen molar-refractivity contribution in [3.63, 3.8) is 0 Å². The number of benzene rings is 1. The van der Waals surface area contributed by atoms with Crippen LogP contribution < -0.4 is 10.6 Å². The lowest BCUT2D eigenvalue weighted by molar-refractivity contribution is 0.607. The van der Waals surface area contributed by atoms with Crippen LogP contribution in [-0.4, -0.2) is 21.9 Å². The molecule has 0 radical (unpaired) electrons. The van der Waals surface area contributed by atoms with Gasteiger partial charge in [-0.15, -0.1) is 5.10 Å². The van der Waals surface area contributed by atoms with Crippen LogP contribution >= 0.6 is 23.8 Å². The highest BCUT2D eigenvalue weighted by atomic mass is 35.5. The molecule has 0 saturated heterocycles. The van der Waals surface area contributed by atoms with Crippen molar-refractivity contribution in [1.82, 2.24) is 15.5 Å². The maximum absolute atomic E-state index is 13.4. The van der Waals surface area contributed by atoms with Gasteiger partial charge in [-0.2, -0.15) is 5.10 Å². The number of aromatic nitrogens is 2. The van der Waals surface area contributed by atoms with Crippen LogP contribution in [0.15, 0.2) is 36.5 Å². The highest BCUT2D eigenvalue weighted by Gasteiger charge is 2.04. The van der Waals surface area contributed by atoms with Crippen molar-refractivity contribution in [3.8, 4) is 0 Å². The van der Waals surface area contributed by atoms with E-state index in [0.29, 0.717) is 34.5 Å². The first kappa shape index (κ1) is 14.6. The van der Waals surface area contributed by atoms with Crippen LogP contribution in [0.2, 0.25) is 5.02 Å². The van der Waals surface area contributed by atoms with E-state index in [4.69, 9.17) is 23.8 Å². The lowest BCUT2D eigenvalue weighted by Crippen LogP contribution is -2.30. The summed E-state index contributed by atoms with van der Waals surface area (Å²) >= 11 is 11.0. The fraction of sp³-hybridized carbons (Fsp3) is 0.154. The fourth-order valence-corrected chi connectivity index (χ4v) is 1.90. The van der Waals surface area contributed by atoms with Crippen LogP contribution in [0.4, 0.5) is 10.2 Å². The second-order valence-corrected chi connectivity index (χ2v) is 4.77. The Kier molecular flexibility index (Phi) is 5.20. The predicted molar refractivity (Wildman–Crippen MR) is 81.4 cm³/mol. The van der Waals surface area contributed by atoms with Crippen molar-refractivity contribution in [2.24, 2.45) is 0 Å². The average Bonchev–Trinajstić information content (AvgIpc) is 2.43. The van der Waals surface area contributed by atoms with Crippen molar-refractivity contribution in [1.29, 1.82) is 0 Å².